The maximum absolute atomic E-state index is 11.5. The van der Waals surface area contributed by atoms with Crippen LogP contribution in [0.3, 0.4) is 0 Å². The summed E-state index contributed by atoms with van der Waals surface area (Å²) in [4.78, 5) is 11.5. The largest absolute Gasteiger partial charge is 0.481 e. The van der Waals surface area contributed by atoms with Gasteiger partial charge in [-0.25, -0.2) is 0 Å². The zero-order valence-corrected chi connectivity index (χ0v) is 9.77. The molecule has 0 aromatic heterocycles. The van der Waals surface area contributed by atoms with Gasteiger partial charge < -0.3 is 9.84 Å². The Hall–Kier alpha value is -1.35. The number of carboxylic acids is 1. The zero-order valence-electron chi connectivity index (χ0n) is 9.77. The summed E-state index contributed by atoms with van der Waals surface area (Å²) >= 11 is 0. The molecule has 1 N–H and O–H groups in total. The van der Waals surface area contributed by atoms with Crippen LogP contribution < -0.4 is 0 Å². The highest BCUT2D eigenvalue weighted by molar-refractivity contribution is 5.81. The fourth-order valence-electron chi connectivity index (χ4n) is 1.76. The van der Waals surface area contributed by atoms with E-state index < -0.39 is 11.4 Å². The quantitative estimate of drug-likeness (QED) is 0.804. The Morgan fingerprint density at radius 2 is 1.94 bits per heavy atom. The van der Waals surface area contributed by atoms with Crippen LogP contribution in [-0.4, -0.2) is 24.3 Å². The van der Waals surface area contributed by atoms with Gasteiger partial charge in [0.05, 0.1) is 6.61 Å². The van der Waals surface area contributed by atoms with Crippen LogP contribution >= 0.6 is 0 Å². The Bertz CT molecular complexity index is 334. The summed E-state index contributed by atoms with van der Waals surface area (Å²) in [6.45, 7) is 4.49. The molecule has 1 unspecified atom stereocenters. The van der Waals surface area contributed by atoms with E-state index in [4.69, 9.17) is 4.74 Å². The van der Waals surface area contributed by atoms with Crippen molar-refractivity contribution in [3.63, 3.8) is 0 Å². The molecule has 0 aliphatic rings. The molecular formula is C13H18O3. The molecule has 1 atom stereocenters. The monoisotopic (exact) mass is 222 g/mol. The third-order valence-corrected chi connectivity index (χ3v) is 2.89. The second kappa shape index (κ2) is 5.66. The van der Waals surface area contributed by atoms with Crippen molar-refractivity contribution in [3.05, 3.63) is 35.9 Å². The minimum atomic E-state index is -0.919. The van der Waals surface area contributed by atoms with E-state index in [9.17, 15) is 9.90 Å². The highest BCUT2D eigenvalue weighted by atomic mass is 16.5. The molecule has 0 saturated carbocycles. The first-order chi connectivity index (χ1) is 7.67. The molecule has 0 radical (unpaired) electrons. The molecule has 0 spiro atoms. The van der Waals surface area contributed by atoms with Gasteiger partial charge in [-0.15, -0.1) is 0 Å². The van der Waals surface area contributed by atoms with Gasteiger partial charge in [0.1, 0.15) is 5.41 Å². The van der Waals surface area contributed by atoms with Crippen molar-refractivity contribution in [1.29, 1.82) is 0 Å². The number of aliphatic carboxylic acids is 1. The molecule has 16 heavy (non-hydrogen) atoms. The van der Waals surface area contributed by atoms with Crippen LogP contribution in [-0.2, 0) is 14.9 Å². The fraction of sp³-hybridized carbons (Fsp3) is 0.462. The molecule has 0 saturated heterocycles. The summed E-state index contributed by atoms with van der Waals surface area (Å²) < 4.78 is 5.32. The summed E-state index contributed by atoms with van der Waals surface area (Å²) in [6, 6.07) is 9.28. The van der Waals surface area contributed by atoms with E-state index in [1.165, 1.54) is 0 Å². The predicted octanol–water partition coefficient (Wildman–Crippen LogP) is 2.46. The number of ether oxygens (including phenoxy) is 1. The highest BCUT2D eigenvalue weighted by Crippen LogP contribution is 2.28. The number of hydrogen-bond acceptors (Lipinski definition) is 2. The lowest BCUT2D eigenvalue weighted by atomic mass is 9.79. The molecule has 3 nitrogen and oxygen atoms in total. The normalized spacial score (nSPS) is 14.4. The van der Waals surface area contributed by atoms with Crippen LogP contribution in [0.15, 0.2) is 30.3 Å². The van der Waals surface area contributed by atoms with Crippen molar-refractivity contribution in [2.45, 2.75) is 25.7 Å². The van der Waals surface area contributed by atoms with Crippen molar-refractivity contribution in [2.24, 2.45) is 0 Å². The molecule has 0 aliphatic carbocycles. The van der Waals surface area contributed by atoms with Crippen LogP contribution in [0.4, 0.5) is 0 Å². The van der Waals surface area contributed by atoms with Gasteiger partial charge in [0, 0.05) is 6.61 Å². The molecule has 0 aliphatic heterocycles. The van der Waals surface area contributed by atoms with Crippen LogP contribution in [0.1, 0.15) is 25.8 Å². The Balaban J connectivity index is 3.07. The lowest BCUT2D eigenvalue weighted by Crippen LogP contribution is -2.40. The van der Waals surface area contributed by atoms with Crippen molar-refractivity contribution in [1.82, 2.24) is 0 Å². The van der Waals surface area contributed by atoms with Gasteiger partial charge in [-0.1, -0.05) is 37.3 Å². The van der Waals surface area contributed by atoms with Gasteiger partial charge in [-0.3, -0.25) is 4.79 Å². The number of hydrogen-bond donors (Lipinski definition) is 1. The van der Waals surface area contributed by atoms with Crippen molar-refractivity contribution in [2.75, 3.05) is 13.2 Å². The van der Waals surface area contributed by atoms with E-state index in [0.29, 0.717) is 13.0 Å². The van der Waals surface area contributed by atoms with Gasteiger partial charge in [0.2, 0.25) is 0 Å². The third kappa shape index (κ3) is 2.42. The second-order valence-corrected chi connectivity index (χ2v) is 3.74. The maximum Gasteiger partial charge on any atom is 0.316 e. The number of carboxylic acid groups (broad SMARTS) is 1. The van der Waals surface area contributed by atoms with Crippen molar-refractivity contribution < 1.29 is 14.6 Å². The van der Waals surface area contributed by atoms with Gasteiger partial charge in [-0.2, -0.15) is 0 Å². The second-order valence-electron chi connectivity index (χ2n) is 3.74. The van der Waals surface area contributed by atoms with Crippen LogP contribution in [0.2, 0.25) is 0 Å². The maximum atomic E-state index is 11.5. The number of benzene rings is 1. The van der Waals surface area contributed by atoms with Gasteiger partial charge >= 0.3 is 5.97 Å². The van der Waals surface area contributed by atoms with Gasteiger partial charge in [0.15, 0.2) is 0 Å². The Morgan fingerprint density at radius 3 is 2.38 bits per heavy atom. The third-order valence-electron chi connectivity index (χ3n) is 2.89. The topological polar surface area (TPSA) is 46.5 Å². The first kappa shape index (κ1) is 12.7. The molecule has 1 aromatic carbocycles. The fourth-order valence-corrected chi connectivity index (χ4v) is 1.76. The smallest absolute Gasteiger partial charge is 0.316 e. The van der Waals surface area contributed by atoms with E-state index in [0.717, 1.165) is 5.56 Å². The van der Waals surface area contributed by atoms with E-state index in [1.54, 1.807) is 0 Å². The van der Waals surface area contributed by atoms with Crippen molar-refractivity contribution >= 4 is 5.97 Å². The lowest BCUT2D eigenvalue weighted by molar-refractivity contribution is -0.146. The summed E-state index contributed by atoms with van der Waals surface area (Å²) in [7, 11) is 0. The molecule has 0 heterocycles. The minimum Gasteiger partial charge on any atom is -0.481 e. The molecule has 3 heteroatoms. The van der Waals surface area contributed by atoms with E-state index >= 15 is 0 Å². The Morgan fingerprint density at radius 1 is 1.31 bits per heavy atom. The van der Waals surface area contributed by atoms with Crippen molar-refractivity contribution in [3.8, 4) is 0 Å². The first-order valence-corrected chi connectivity index (χ1v) is 5.54. The van der Waals surface area contributed by atoms with E-state index in [-0.39, 0.29) is 6.61 Å². The summed E-state index contributed by atoms with van der Waals surface area (Å²) in [5, 5.41) is 9.42. The minimum absolute atomic E-state index is 0.222. The lowest BCUT2D eigenvalue weighted by Gasteiger charge is -2.28. The molecule has 0 amide bonds. The number of carbonyl (C=O) groups is 1. The van der Waals surface area contributed by atoms with Crippen LogP contribution in [0.25, 0.3) is 0 Å². The Kier molecular flexibility index (Phi) is 4.50. The molecule has 0 fully saturated rings. The molecule has 88 valence electrons. The highest BCUT2D eigenvalue weighted by Gasteiger charge is 2.38. The molecular weight excluding hydrogens is 204 g/mol. The van der Waals surface area contributed by atoms with Gasteiger partial charge in [0.25, 0.3) is 0 Å². The Labute approximate surface area is 96.1 Å². The van der Waals surface area contributed by atoms with E-state index in [1.807, 2.05) is 44.2 Å². The first-order valence-electron chi connectivity index (χ1n) is 5.54. The summed E-state index contributed by atoms with van der Waals surface area (Å²) in [5.41, 5.74) is -0.115. The SMILES string of the molecule is CCOCC(CC)(C(=O)O)c1ccccc1. The van der Waals surface area contributed by atoms with Crippen LogP contribution in [0, 0.1) is 0 Å². The number of rotatable bonds is 6. The molecule has 1 rings (SSSR count). The zero-order chi connectivity index (χ0) is 12.0. The average molecular weight is 222 g/mol. The summed E-state index contributed by atoms with van der Waals surface area (Å²) in [5.74, 6) is -0.824. The van der Waals surface area contributed by atoms with Gasteiger partial charge in [-0.05, 0) is 18.9 Å². The van der Waals surface area contributed by atoms with E-state index in [2.05, 4.69) is 0 Å². The molecule has 1 aromatic rings. The predicted molar refractivity (Wildman–Crippen MR) is 62.5 cm³/mol. The summed E-state index contributed by atoms with van der Waals surface area (Å²) in [6.07, 6.45) is 0.520. The standard InChI is InChI=1S/C13H18O3/c1-3-13(12(14)15,10-16-4-2)11-8-6-5-7-9-11/h5-9H,3-4,10H2,1-2H3,(H,14,15). The van der Waals surface area contributed by atoms with Crippen LogP contribution in [0.5, 0.6) is 0 Å². The average Bonchev–Trinajstić information content (AvgIpc) is 2.31. The molecule has 0 bridgehead atoms.